The molecule has 0 aliphatic rings. The Bertz CT molecular complexity index is 278. The van der Waals surface area contributed by atoms with Gasteiger partial charge in [-0.1, -0.05) is 46.4 Å². The van der Waals surface area contributed by atoms with Gasteiger partial charge in [0.15, 0.2) is 8.67 Å². The van der Waals surface area contributed by atoms with E-state index in [1.54, 1.807) is 0 Å². The third-order valence-electron chi connectivity index (χ3n) is 1.54. The first-order valence-corrected chi connectivity index (χ1v) is 6.63. The topological polar surface area (TPSA) is 80.3 Å². The minimum atomic E-state index is -1.98. The second kappa shape index (κ2) is 10.3. The zero-order chi connectivity index (χ0) is 15.3. The molecule has 4 nitrogen and oxygen atoms in total. The van der Waals surface area contributed by atoms with Crippen LogP contribution < -0.4 is 10.2 Å². The van der Waals surface area contributed by atoms with Crippen LogP contribution in [-0.2, 0) is 9.59 Å². The number of hydrogen-bond acceptors (Lipinski definition) is 4. The zero-order valence-electron chi connectivity index (χ0n) is 9.76. The molecule has 0 amide bonds. The molecule has 0 saturated carbocycles. The molecule has 0 aromatic heterocycles. The Labute approximate surface area is 160 Å². The molecule has 112 valence electrons. The van der Waals surface area contributed by atoms with Gasteiger partial charge in [-0.05, 0) is 13.8 Å². The summed E-state index contributed by atoms with van der Waals surface area (Å²) in [5.74, 6) is -3.15. The third-order valence-corrected chi connectivity index (χ3v) is 4.57. The van der Waals surface area contributed by atoms with Crippen LogP contribution in [0.25, 0.3) is 0 Å². The van der Waals surface area contributed by atoms with E-state index in [9.17, 15) is 19.8 Å². The molecule has 19 heavy (non-hydrogen) atoms. The van der Waals surface area contributed by atoms with Crippen LogP contribution in [0.15, 0.2) is 0 Å². The van der Waals surface area contributed by atoms with Gasteiger partial charge in [0.25, 0.3) is 0 Å². The van der Waals surface area contributed by atoms with Crippen LogP contribution in [0.5, 0.6) is 0 Å². The fraction of sp³-hybridized carbons (Fsp3) is 0.750. The van der Waals surface area contributed by atoms with Crippen LogP contribution in [-0.4, -0.2) is 58.7 Å². The number of alkyl halides is 6. The number of carboxylic acid groups (broad SMARTS) is 2. The van der Waals surface area contributed by atoms with Crippen molar-refractivity contribution in [2.45, 2.75) is 33.3 Å². The van der Waals surface area contributed by atoms with Gasteiger partial charge in [0.1, 0.15) is 0 Å². The normalized spacial score (nSPS) is 14.3. The Balaban J connectivity index is -0.000000256. The van der Waals surface area contributed by atoms with Crippen molar-refractivity contribution in [1.29, 1.82) is 0 Å². The molecular weight excluding hydrogens is 580 g/mol. The molecule has 2 atom stereocenters. The minimum absolute atomic E-state index is 0. The van der Waals surface area contributed by atoms with Crippen LogP contribution in [0.3, 0.4) is 0 Å². The molecule has 0 N–H and O–H groups in total. The summed E-state index contributed by atoms with van der Waals surface area (Å²) in [7, 11) is 0. The maximum atomic E-state index is 10.0. The monoisotopic (exact) mass is 588 g/mol. The maximum absolute atomic E-state index is 10.0. The first-order chi connectivity index (χ1) is 7.77. The van der Waals surface area contributed by atoms with Gasteiger partial charge in [-0.15, -0.1) is 23.2 Å². The molecule has 0 aliphatic heterocycles. The van der Waals surface area contributed by atoms with Crippen LogP contribution in [0.4, 0.5) is 0 Å². The number of rotatable bonds is 4. The predicted octanol–water partition coefficient (Wildman–Crippen LogP) is 0.159. The number of aliphatic carboxylic acids is 2. The zero-order valence-corrected chi connectivity index (χ0v) is 19.8. The molecule has 0 aromatic carbocycles. The van der Waals surface area contributed by atoms with E-state index in [0.29, 0.717) is 0 Å². The fourth-order valence-corrected chi connectivity index (χ4v) is 0.503. The number of halogens is 6. The summed E-state index contributed by atoms with van der Waals surface area (Å²) in [6.07, 6.45) is 0. The van der Waals surface area contributed by atoms with Gasteiger partial charge in [-0.2, -0.15) is 0 Å². The Hall–Kier alpha value is 1.60. The quantitative estimate of drug-likeness (QED) is 0.346. The summed E-state index contributed by atoms with van der Waals surface area (Å²) in [6, 6.07) is 0. The Morgan fingerprint density at radius 2 is 1.00 bits per heavy atom. The van der Waals surface area contributed by atoms with Crippen LogP contribution in [0.1, 0.15) is 13.8 Å². The van der Waals surface area contributed by atoms with Crippen LogP contribution in [0, 0.1) is 0 Å². The van der Waals surface area contributed by atoms with Gasteiger partial charge in [0, 0.05) is 0 Å². The number of carboxylic acids is 2. The molecule has 0 rings (SSSR count). The van der Waals surface area contributed by atoms with Crippen molar-refractivity contribution in [1.82, 2.24) is 0 Å². The second-order valence-corrected chi connectivity index (χ2v) is 7.13. The SMILES string of the molecule is CC(Cl)C(Cl)(Cl)C(=O)[O-].CC(Cl)C(Cl)(Cl)C(=O)[O-].[PbH2+2]. The van der Waals surface area contributed by atoms with E-state index < -0.39 is 31.4 Å². The molecule has 2 unspecified atom stereocenters. The van der Waals surface area contributed by atoms with E-state index in [4.69, 9.17) is 69.6 Å². The van der Waals surface area contributed by atoms with E-state index in [-0.39, 0.29) is 27.3 Å². The van der Waals surface area contributed by atoms with Gasteiger partial charge in [0.2, 0.25) is 0 Å². The average molecular weight is 590 g/mol. The third kappa shape index (κ3) is 9.27. The second-order valence-electron chi connectivity index (χ2n) is 3.05. The van der Waals surface area contributed by atoms with Crippen LogP contribution in [0.2, 0.25) is 0 Å². The molecule has 11 heteroatoms. The Kier molecular flexibility index (Phi) is 13.9. The summed E-state index contributed by atoms with van der Waals surface area (Å²) in [5, 5.41) is 18.3. The standard InChI is InChI=1S/2C4H5Cl3O2.Pb.2H/c2*1-2(5)4(6,7)3(8)9;;;/h2*2H,1H3,(H,8,9);;;/q;;+2;;/p-2. The van der Waals surface area contributed by atoms with Gasteiger partial charge < -0.3 is 19.8 Å². The van der Waals surface area contributed by atoms with Gasteiger partial charge in [-0.3, -0.25) is 0 Å². The van der Waals surface area contributed by atoms with Crippen molar-refractivity contribution in [3.8, 4) is 0 Å². The van der Waals surface area contributed by atoms with E-state index in [0.717, 1.165) is 0 Å². The molecule has 0 radical (unpaired) electrons. The molecular formula is C8H10Cl6O4Pb. The summed E-state index contributed by atoms with van der Waals surface area (Å²) >= 11 is 31.3. The van der Waals surface area contributed by atoms with Crippen molar-refractivity contribution in [3.63, 3.8) is 0 Å². The predicted molar refractivity (Wildman–Crippen MR) is 78.1 cm³/mol. The van der Waals surface area contributed by atoms with Crippen LogP contribution >= 0.6 is 69.6 Å². The first kappa shape index (κ1) is 25.5. The Morgan fingerprint density at radius 1 is 0.842 bits per heavy atom. The van der Waals surface area contributed by atoms with E-state index >= 15 is 0 Å². The molecule has 0 aliphatic carbocycles. The molecule has 0 bridgehead atoms. The van der Waals surface area contributed by atoms with Gasteiger partial charge in [-0.25, -0.2) is 0 Å². The van der Waals surface area contributed by atoms with E-state index in [2.05, 4.69) is 0 Å². The number of hydrogen-bond donors (Lipinski definition) is 0. The Morgan fingerprint density at radius 3 is 1.00 bits per heavy atom. The van der Waals surface area contributed by atoms with Crippen molar-refractivity contribution in [2.75, 3.05) is 0 Å². The average Bonchev–Trinajstić information content (AvgIpc) is 2.17. The molecule has 0 aromatic rings. The molecule has 0 saturated heterocycles. The fourth-order valence-electron chi connectivity index (χ4n) is 0.325. The molecule has 0 fully saturated rings. The summed E-state index contributed by atoms with van der Waals surface area (Å²) < 4.78 is -3.97. The van der Waals surface area contributed by atoms with Crippen molar-refractivity contribution >= 4 is 109 Å². The van der Waals surface area contributed by atoms with Gasteiger partial charge in [0.05, 0.1) is 22.7 Å². The van der Waals surface area contributed by atoms with E-state index in [1.165, 1.54) is 13.8 Å². The van der Waals surface area contributed by atoms with Crippen molar-refractivity contribution < 1.29 is 19.8 Å². The number of carbonyl (C=O) groups is 2. The first-order valence-electron chi connectivity index (χ1n) is 4.24. The van der Waals surface area contributed by atoms with Gasteiger partial charge >= 0.3 is 27.3 Å². The summed E-state index contributed by atoms with van der Waals surface area (Å²) in [6.45, 7) is 2.74. The molecule has 0 heterocycles. The summed E-state index contributed by atoms with van der Waals surface area (Å²) in [4.78, 5) is 20.0. The van der Waals surface area contributed by atoms with Crippen molar-refractivity contribution in [3.05, 3.63) is 0 Å². The summed E-state index contributed by atoms with van der Waals surface area (Å²) in [5.41, 5.74) is 0. The van der Waals surface area contributed by atoms with E-state index in [1.807, 2.05) is 0 Å². The molecule has 0 spiro atoms. The van der Waals surface area contributed by atoms with Crippen molar-refractivity contribution in [2.24, 2.45) is 0 Å². The number of carbonyl (C=O) groups excluding carboxylic acids is 2.